The number of hydrogen-bond acceptors (Lipinski definition) is 4. The van der Waals surface area contributed by atoms with Crippen LogP contribution >= 0.6 is 0 Å². The largest absolute Gasteiger partial charge is 0.390 e. The molecular weight excluding hydrogens is 238 g/mol. The van der Waals surface area contributed by atoms with E-state index in [9.17, 15) is 13.5 Å². The van der Waals surface area contributed by atoms with E-state index in [2.05, 4.69) is 6.92 Å². The van der Waals surface area contributed by atoms with Crippen LogP contribution in [0.4, 0.5) is 0 Å². The Hall–Kier alpha value is -0.130. The number of hydrogen-bond donors (Lipinski definition) is 2. The number of sulfone groups is 1. The van der Waals surface area contributed by atoms with Crippen molar-refractivity contribution < 1.29 is 13.5 Å². The Morgan fingerprint density at radius 3 is 2.47 bits per heavy atom. The third-order valence-electron chi connectivity index (χ3n) is 4.19. The molecule has 1 rings (SSSR count). The quantitative estimate of drug-likeness (QED) is 0.703. The number of rotatable bonds is 6. The van der Waals surface area contributed by atoms with Crippen molar-refractivity contribution in [3.05, 3.63) is 0 Å². The van der Waals surface area contributed by atoms with Gasteiger partial charge in [0.15, 0.2) is 9.84 Å². The minimum absolute atomic E-state index is 0.0373. The summed E-state index contributed by atoms with van der Waals surface area (Å²) in [7, 11) is -3.02. The van der Waals surface area contributed by atoms with E-state index in [0.29, 0.717) is 12.8 Å². The summed E-state index contributed by atoms with van der Waals surface area (Å²) < 4.78 is 23.2. The Kier molecular flexibility index (Phi) is 4.60. The zero-order chi connectivity index (χ0) is 13.2. The van der Waals surface area contributed by atoms with E-state index in [1.807, 2.05) is 0 Å². The van der Waals surface area contributed by atoms with Crippen molar-refractivity contribution >= 4 is 9.84 Å². The molecule has 4 nitrogen and oxygen atoms in total. The number of unbranched alkanes of at least 4 members (excludes halogenated alkanes) is 2. The van der Waals surface area contributed by atoms with Gasteiger partial charge in [0.05, 0.1) is 17.1 Å². The first-order chi connectivity index (χ1) is 7.79. The van der Waals surface area contributed by atoms with E-state index in [1.165, 1.54) is 0 Å². The van der Waals surface area contributed by atoms with E-state index < -0.39 is 20.9 Å². The minimum atomic E-state index is -3.02. The molecule has 102 valence electrons. The molecule has 1 aliphatic heterocycles. The highest BCUT2D eigenvalue weighted by atomic mass is 32.2. The fourth-order valence-electron chi connectivity index (χ4n) is 2.71. The van der Waals surface area contributed by atoms with Gasteiger partial charge in [-0.15, -0.1) is 0 Å². The number of aliphatic hydroxyl groups is 1. The number of nitrogens with two attached hydrogens (primary N) is 1. The first-order valence-electron chi connectivity index (χ1n) is 6.41. The van der Waals surface area contributed by atoms with E-state index in [1.54, 1.807) is 6.92 Å². The maximum Gasteiger partial charge on any atom is 0.151 e. The van der Waals surface area contributed by atoms with Crippen LogP contribution in [0.15, 0.2) is 0 Å². The average molecular weight is 263 g/mol. The molecule has 2 atom stereocenters. The summed E-state index contributed by atoms with van der Waals surface area (Å²) in [6.07, 6.45) is 4.19. The van der Waals surface area contributed by atoms with E-state index in [0.717, 1.165) is 19.3 Å². The van der Waals surface area contributed by atoms with E-state index in [-0.39, 0.29) is 18.1 Å². The van der Waals surface area contributed by atoms with Gasteiger partial charge in [-0.3, -0.25) is 0 Å². The second-order valence-electron chi connectivity index (χ2n) is 5.56. The maximum absolute atomic E-state index is 11.6. The lowest BCUT2D eigenvalue weighted by Gasteiger charge is -2.41. The van der Waals surface area contributed by atoms with Crippen LogP contribution in [0.25, 0.3) is 0 Å². The molecule has 3 N–H and O–H groups in total. The van der Waals surface area contributed by atoms with Gasteiger partial charge in [-0.2, -0.15) is 0 Å². The summed E-state index contributed by atoms with van der Waals surface area (Å²) in [5, 5.41) is 10.6. The molecule has 2 unspecified atom stereocenters. The summed E-state index contributed by atoms with van der Waals surface area (Å²) in [4.78, 5) is 0. The van der Waals surface area contributed by atoms with Gasteiger partial charge < -0.3 is 10.8 Å². The molecule has 1 heterocycles. The summed E-state index contributed by atoms with van der Waals surface area (Å²) in [5.74, 6) is 0.198. The van der Waals surface area contributed by atoms with Gasteiger partial charge >= 0.3 is 0 Å². The molecule has 1 aliphatic rings. The Bertz CT molecular complexity index is 351. The molecule has 0 aromatic rings. The lowest BCUT2D eigenvalue weighted by Crippen LogP contribution is -2.51. The Morgan fingerprint density at radius 2 is 2.06 bits per heavy atom. The van der Waals surface area contributed by atoms with Crippen molar-refractivity contribution in [1.82, 2.24) is 0 Å². The van der Waals surface area contributed by atoms with Crippen molar-refractivity contribution in [2.24, 2.45) is 11.1 Å². The third kappa shape index (κ3) is 3.20. The van der Waals surface area contributed by atoms with Gasteiger partial charge in [0.1, 0.15) is 0 Å². The van der Waals surface area contributed by atoms with Crippen molar-refractivity contribution in [1.29, 1.82) is 0 Å². The summed E-state index contributed by atoms with van der Waals surface area (Å²) in [6, 6.07) is 0. The van der Waals surface area contributed by atoms with Crippen molar-refractivity contribution in [3.63, 3.8) is 0 Å². The smallest absolute Gasteiger partial charge is 0.151 e. The van der Waals surface area contributed by atoms with Gasteiger partial charge in [0.2, 0.25) is 0 Å². The molecule has 1 fully saturated rings. The van der Waals surface area contributed by atoms with Gasteiger partial charge in [0, 0.05) is 12.0 Å². The van der Waals surface area contributed by atoms with Crippen LogP contribution in [-0.4, -0.2) is 37.2 Å². The van der Waals surface area contributed by atoms with Crippen LogP contribution in [0.2, 0.25) is 0 Å². The first-order valence-corrected chi connectivity index (χ1v) is 8.24. The van der Waals surface area contributed by atoms with Gasteiger partial charge in [-0.05, 0) is 19.8 Å². The van der Waals surface area contributed by atoms with Gasteiger partial charge in [-0.25, -0.2) is 8.42 Å². The van der Waals surface area contributed by atoms with Crippen LogP contribution in [0.3, 0.4) is 0 Å². The monoisotopic (exact) mass is 263 g/mol. The molecule has 0 spiro atoms. The summed E-state index contributed by atoms with van der Waals surface area (Å²) >= 11 is 0. The van der Waals surface area contributed by atoms with Crippen molar-refractivity contribution in [2.75, 3.05) is 18.1 Å². The fourth-order valence-corrected chi connectivity index (χ4v) is 4.97. The highest BCUT2D eigenvalue weighted by molar-refractivity contribution is 7.91. The molecule has 0 aromatic heterocycles. The Morgan fingerprint density at radius 1 is 1.41 bits per heavy atom. The third-order valence-corrected chi connectivity index (χ3v) is 6.01. The molecule has 1 saturated heterocycles. The Balaban J connectivity index is 2.79. The van der Waals surface area contributed by atoms with Crippen LogP contribution < -0.4 is 5.73 Å². The molecule has 0 radical (unpaired) electrons. The molecule has 0 amide bonds. The van der Waals surface area contributed by atoms with Crippen LogP contribution in [0.5, 0.6) is 0 Å². The molecule has 0 aliphatic carbocycles. The lowest BCUT2D eigenvalue weighted by molar-refractivity contribution is -0.0602. The maximum atomic E-state index is 11.6. The molecule has 17 heavy (non-hydrogen) atoms. The highest BCUT2D eigenvalue weighted by Gasteiger charge is 2.52. The van der Waals surface area contributed by atoms with Crippen LogP contribution in [0, 0.1) is 5.41 Å². The molecule has 0 saturated carbocycles. The SMILES string of the molecule is CCCCCC(C)(O)C1(CN)CCS(=O)(=O)C1. The standard InChI is InChI=1S/C12H25NO3S/c1-3-4-5-6-11(2,14)12(9-13)7-8-17(15,16)10-12/h14H,3-10,13H2,1-2H3. The molecule has 0 bridgehead atoms. The predicted octanol–water partition coefficient (Wildman–Crippen LogP) is 1.08. The summed E-state index contributed by atoms with van der Waals surface area (Å²) in [5.41, 5.74) is 4.14. The fraction of sp³-hybridized carbons (Fsp3) is 1.00. The topological polar surface area (TPSA) is 80.4 Å². The van der Waals surface area contributed by atoms with Gasteiger partial charge in [-0.1, -0.05) is 26.2 Å². The second kappa shape index (κ2) is 5.24. The van der Waals surface area contributed by atoms with E-state index >= 15 is 0 Å². The zero-order valence-electron chi connectivity index (χ0n) is 10.9. The Labute approximate surface area is 105 Å². The highest BCUT2D eigenvalue weighted by Crippen LogP contribution is 2.43. The first kappa shape index (κ1) is 14.9. The predicted molar refractivity (Wildman–Crippen MR) is 69.5 cm³/mol. The molecule has 5 heteroatoms. The van der Waals surface area contributed by atoms with E-state index in [4.69, 9.17) is 5.73 Å². The van der Waals surface area contributed by atoms with Crippen molar-refractivity contribution in [2.45, 2.75) is 51.6 Å². The average Bonchev–Trinajstić information content (AvgIpc) is 2.56. The zero-order valence-corrected chi connectivity index (χ0v) is 11.7. The van der Waals surface area contributed by atoms with Crippen molar-refractivity contribution in [3.8, 4) is 0 Å². The molecular formula is C12H25NO3S. The van der Waals surface area contributed by atoms with Crippen LogP contribution in [0.1, 0.15) is 46.0 Å². The summed E-state index contributed by atoms with van der Waals surface area (Å²) in [6.45, 7) is 4.09. The van der Waals surface area contributed by atoms with Crippen LogP contribution in [-0.2, 0) is 9.84 Å². The minimum Gasteiger partial charge on any atom is -0.390 e. The normalized spacial score (nSPS) is 31.3. The van der Waals surface area contributed by atoms with Gasteiger partial charge in [0.25, 0.3) is 0 Å². The lowest BCUT2D eigenvalue weighted by atomic mass is 9.70. The second-order valence-corrected chi connectivity index (χ2v) is 7.74. The molecule has 0 aromatic carbocycles.